The predicted octanol–water partition coefficient (Wildman–Crippen LogP) is 4.51. The molecule has 0 N–H and O–H groups in total. The number of aryl methyl sites for hydroxylation is 2. The summed E-state index contributed by atoms with van der Waals surface area (Å²) >= 11 is 0. The van der Waals surface area contributed by atoms with Gasteiger partial charge in [-0.05, 0) is 55.5 Å². The predicted molar refractivity (Wildman–Crippen MR) is 67.1 cm³/mol. The van der Waals surface area contributed by atoms with E-state index in [-0.39, 0.29) is 0 Å². The molecule has 1 aromatic rings. The number of unbranched alkanes of at least 4 members (excludes halogenated alkanes) is 2. The van der Waals surface area contributed by atoms with Crippen molar-refractivity contribution in [1.29, 1.82) is 0 Å². The molecule has 0 saturated heterocycles. The first kappa shape index (κ1) is 12.0. The van der Waals surface area contributed by atoms with E-state index in [1.807, 2.05) is 0 Å². The SMILES string of the molecule is CCCC/C=[C]\c1c(C)ccc(C)c1C. The molecule has 0 aliphatic carbocycles. The van der Waals surface area contributed by atoms with Gasteiger partial charge in [0, 0.05) is 0 Å². The van der Waals surface area contributed by atoms with E-state index < -0.39 is 0 Å². The zero-order valence-electron chi connectivity index (χ0n) is 10.4. The van der Waals surface area contributed by atoms with Gasteiger partial charge in [0.25, 0.3) is 0 Å². The second-order valence-corrected chi connectivity index (χ2v) is 4.19. The Kier molecular flexibility index (Phi) is 4.61. The molecule has 81 valence electrons. The van der Waals surface area contributed by atoms with Gasteiger partial charge >= 0.3 is 0 Å². The van der Waals surface area contributed by atoms with Crippen LogP contribution in [-0.2, 0) is 0 Å². The van der Waals surface area contributed by atoms with Crippen LogP contribution in [-0.4, -0.2) is 0 Å². The Labute approximate surface area is 94.0 Å². The summed E-state index contributed by atoms with van der Waals surface area (Å²) in [5, 5.41) is 0. The smallest absolute Gasteiger partial charge is 0.0120 e. The Bertz CT molecular complexity index is 345. The molecule has 0 heterocycles. The van der Waals surface area contributed by atoms with Gasteiger partial charge in [-0.1, -0.05) is 38.0 Å². The number of benzene rings is 1. The molecule has 0 atom stereocenters. The van der Waals surface area contributed by atoms with Gasteiger partial charge in [0.2, 0.25) is 0 Å². The van der Waals surface area contributed by atoms with E-state index in [1.54, 1.807) is 0 Å². The van der Waals surface area contributed by atoms with Crippen LogP contribution in [0.25, 0.3) is 0 Å². The summed E-state index contributed by atoms with van der Waals surface area (Å²) in [6, 6.07) is 4.36. The van der Waals surface area contributed by atoms with E-state index in [9.17, 15) is 0 Å². The standard InChI is InChI=1S/C15H21/c1-5-6-7-8-9-15-13(3)11-10-12(2)14(15)4/h8,10-11H,5-7H2,1-4H3. The highest BCUT2D eigenvalue weighted by atomic mass is 14.1. The first-order valence-corrected chi connectivity index (χ1v) is 5.81. The van der Waals surface area contributed by atoms with E-state index in [0.29, 0.717) is 0 Å². The van der Waals surface area contributed by atoms with Gasteiger partial charge in [0.1, 0.15) is 0 Å². The maximum atomic E-state index is 3.43. The average molecular weight is 201 g/mol. The Morgan fingerprint density at radius 2 is 1.80 bits per heavy atom. The molecule has 0 fully saturated rings. The minimum Gasteiger partial charge on any atom is -0.0760 e. The zero-order valence-corrected chi connectivity index (χ0v) is 10.4. The van der Waals surface area contributed by atoms with Crippen molar-refractivity contribution in [3.05, 3.63) is 46.5 Å². The molecule has 0 bridgehead atoms. The van der Waals surface area contributed by atoms with Crippen molar-refractivity contribution >= 4 is 0 Å². The van der Waals surface area contributed by atoms with Crippen molar-refractivity contribution in [3.63, 3.8) is 0 Å². The van der Waals surface area contributed by atoms with Gasteiger partial charge in [-0.2, -0.15) is 0 Å². The summed E-state index contributed by atoms with van der Waals surface area (Å²) in [5.41, 5.74) is 5.33. The molecule has 1 rings (SSSR count). The largest absolute Gasteiger partial charge is 0.0760 e. The Morgan fingerprint density at radius 3 is 2.47 bits per heavy atom. The minimum absolute atomic E-state index is 1.14. The van der Waals surface area contributed by atoms with Gasteiger partial charge < -0.3 is 0 Å². The highest BCUT2D eigenvalue weighted by Crippen LogP contribution is 2.17. The minimum atomic E-state index is 1.14. The monoisotopic (exact) mass is 201 g/mol. The van der Waals surface area contributed by atoms with Crippen LogP contribution in [0.3, 0.4) is 0 Å². The van der Waals surface area contributed by atoms with Crippen LogP contribution in [0.15, 0.2) is 18.2 Å². The molecular weight excluding hydrogens is 180 g/mol. The van der Waals surface area contributed by atoms with Crippen LogP contribution in [0.5, 0.6) is 0 Å². The molecule has 0 amide bonds. The van der Waals surface area contributed by atoms with Crippen molar-refractivity contribution in [1.82, 2.24) is 0 Å². The van der Waals surface area contributed by atoms with E-state index in [1.165, 1.54) is 35.1 Å². The highest BCUT2D eigenvalue weighted by molar-refractivity contribution is 5.42. The van der Waals surface area contributed by atoms with Crippen molar-refractivity contribution in [3.8, 4) is 0 Å². The molecule has 0 saturated carbocycles. The summed E-state index contributed by atoms with van der Waals surface area (Å²) in [6.07, 6.45) is 9.27. The normalized spacial score (nSPS) is 11.2. The molecule has 0 nitrogen and oxygen atoms in total. The molecule has 15 heavy (non-hydrogen) atoms. The number of hydrogen-bond donors (Lipinski definition) is 0. The third kappa shape index (κ3) is 3.23. The second-order valence-electron chi connectivity index (χ2n) is 4.19. The first-order chi connectivity index (χ1) is 7.16. The van der Waals surface area contributed by atoms with Crippen molar-refractivity contribution in [2.45, 2.75) is 47.0 Å². The third-order valence-electron chi connectivity index (χ3n) is 2.89. The van der Waals surface area contributed by atoms with E-state index >= 15 is 0 Å². The van der Waals surface area contributed by atoms with Crippen molar-refractivity contribution in [2.75, 3.05) is 0 Å². The molecule has 0 heteroatoms. The van der Waals surface area contributed by atoms with Gasteiger partial charge in [-0.15, -0.1) is 0 Å². The topological polar surface area (TPSA) is 0 Å². The highest BCUT2D eigenvalue weighted by Gasteiger charge is 2.01. The van der Waals surface area contributed by atoms with Crippen LogP contribution in [0.2, 0.25) is 0 Å². The molecule has 1 aromatic carbocycles. The quantitative estimate of drug-likeness (QED) is 0.629. The van der Waals surface area contributed by atoms with E-state index in [0.717, 1.165) is 6.42 Å². The lowest BCUT2D eigenvalue weighted by molar-refractivity contribution is 0.813. The van der Waals surface area contributed by atoms with Crippen LogP contribution >= 0.6 is 0 Å². The summed E-state index contributed by atoms with van der Waals surface area (Å²) in [7, 11) is 0. The second kappa shape index (κ2) is 5.75. The fraction of sp³-hybridized carbons (Fsp3) is 0.467. The third-order valence-corrected chi connectivity index (χ3v) is 2.89. The molecular formula is C15H21. The van der Waals surface area contributed by atoms with E-state index in [2.05, 4.69) is 52.0 Å². The van der Waals surface area contributed by atoms with Crippen molar-refractivity contribution in [2.24, 2.45) is 0 Å². The molecule has 0 aliphatic rings. The van der Waals surface area contributed by atoms with Gasteiger partial charge in [0.05, 0.1) is 0 Å². The fourth-order valence-electron chi connectivity index (χ4n) is 1.65. The maximum Gasteiger partial charge on any atom is -0.0120 e. The summed E-state index contributed by atoms with van der Waals surface area (Å²) in [4.78, 5) is 0. The zero-order chi connectivity index (χ0) is 11.3. The molecule has 0 aromatic heterocycles. The van der Waals surface area contributed by atoms with Crippen LogP contribution in [0.4, 0.5) is 0 Å². The fourth-order valence-corrected chi connectivity index (χ4v) is 1.65. The lowest BCUT2D eigenvalue weighted by Gasteiger charge is -2.07. The Hall–Kier alpha value is -1.04. The lowest BCUT2D eigenvalue weighted by Crippen LogP contribution is -1.91. The molecule has 0 unspecified atom stereocenters. The first-order valence-electron chi connectivity index (χ1n) is 5.81. The van der Waals surface area contributed by atoms with Gasteiger partial charge in [0.15, 0.2) is 0 Å². The molecule has 0 spiro atoms. The maximum absolute atomic E-state index is 3.43. The van der Waals surface area contributed by atoms with Crippen molar-refractivity contribution < 1.29 is 0 Å². The summed E-state index contributed by atoms with van der Waals surface area (Å²) in [5.74, 6) is 0. The average Bonchev–Trinajstić information content (AvgIpc) is 2.23. The van der Waals surface area contributed by atoms with E-state index in [4.69, 9.17) is 0 Å². The summed E-state index contributed by atoms with van der Waals surface area (Å²) < 4.78 is 0. The number of rotatable bonds is 4. The summed E-state index contributed by atoms with van der Waals surface area (Å²) in [6.45, 7) is 8.71. The number of allylic oxidation sites excluding steroid dienone is 1. The lowest BCUT2D eigenvalue weighted by atomic mass is 9.98. The molecule has 0 aliphatic heterocycles. The van der Waals surface area contributed by atoms with Crippen LogP contribution in [0.1, 0.15) is 48.4 Å². The Balaban J connectivity index is 2.84. The molecule has 1 radical (unpaired) electrons. The van der Waals surface area contributed by atoms with Gasteiger partial charge in [-0.25, -0.2) is 0 Å². The number of hydrogen-bond acceptors (Lipinski definition) is 0. The van der Waals surface area contributed by atoms with Crippen LogP contribution in [0, 0.1) is 26.8 Å². The Morgan fingerprint density at radius 1 is 1.13 bits per heavy atom. The van der Waals surface area contributed by atoms with Crippen LogP contribution < -0.4 is 0 Å². The van der Waals surface area contributed by atoms with Gasteiger partial charge in [-0.3, -0.25) is 0 Å².